The van der Waals surface area contributed by atoms with Crippen LogP contribution in [0.2, 0.25) is 0 Å². The Kier molecular flexibility index (Phi) is 6.14. The van der Waals surface area contributed by atoms with Gasteiger partial charge in [-0.1, -0.05) is 109 Å². The highest BCUT2D eigenvalue weighted by Crippen LogP contribution is 2.39. The fraction of sp³-hybridized carbons (Fsp3) is 0. The second-order valence-corrected chi connectivity index (χ2v) is 11.6. The molecule has 3 heteroatoms. The van der Waals surface area contributed by atoms with Crippen LogP contribution in [0.25, 0.3) is 66.0 Å². The zero-order valence-corrected chi connectivity index (χ0v) is 25.0. The number of anilines is 3. The fourth-order valence-electron chi connectivity index (χ4n) is 6.64. The third-order valence-electron chi connectivity index (χ3n) is 8.87. The van der Waals surface area contributed by atoms with Crippen LogP contribution >= 0.6 is 0 Å². The first-order valence-corrected chi connectivity index (χ1v) is 15.5. The Morgan fingerprint density at radius 3 is 1.72 bits per heavy atom. The molecule has 1 heterocycles. The lowest BCUT2D eigenvalue weighted by atomic mass is 9.93. The number of benzene rings is 8. The van der Waals surface area contributed by atoms with Gasteiger partial charge in [0.2, 0.25) is 5.89 Å². The van der Waals surface area contributed by atoms with Gasteiger partial charge in [-0.05, 0) is 98.7 Å². The number of nitrogens with zero attached hydrogens (tertiary/aromatic N) is 2. The van der Waals surface area contributed by atoms with Crippen LogP contribution in [0.4, 0.5) is 17.1 Å². The highest BCUT2D eigenvalue weighted by molar-refractivity contribution is 6.13. The Bertz CT molecular complexity index is 2510. The average molecular weight is 589 g/mol. The average Bonchev–Trinajstić information content (AvgIpc) is 3.58. The van der Waals surface area contributed by atoms with E-state index in [1.165, 1.54) is 32.7 Å². The molecule has 9 aromatic rings. The molecule has 0 aliphatic heterocycles. The van der Waals surface area contributed by atoms with Crippen molar-refractivity contribution >= 4 is 60.5 Å². The van der Waals surface area contributed by atoms with E-state index < -0.39 is 0 Å². The molecule has 0 fully saturated rings. The smallest absolute Gasteiger partial charge is 0.227 e. The van der Waals surface area contributed by atoms with Gasteiger partial charge in [-0.3, -0.25) is 0 Å². The largest absolute Gasteiger partial charge is 0.435 e. The normalized spacial score (nSPS) is 11.5. The molecule has 0 unspecified atom stereocenters. The maximum Gasteiger partial charge on any atom is 0.227 e. The van der Waals surface area contributed by atoms with Crippen molar-refractivity contribution in [3.63, 3.8) is 0 Å². The minimum Gasteiger partial charge on any atom is -0.435 e. The molecule has 46 heavy (non-hydrogen) atoms. The molecule has 0 aliphatic carbocycles. The van der Waals surface area contributed by atoms with Crippen molar-refractivity contribution in [2.45, 2.75) is 0 Å². The molecule has 9 rings (SSSR count). The first-order chi connectivity index (χ1) is 22.8. The van der Waals surface area contributed by atoms with E-state index in [0.717, 1.165) is 44.5 Å². The third-order valence-corrected chi connectivity index (χ3v) is 8.87. The van der Waals surface area contributed by atoms with Gasteiger partial charge in [-0.2, -0.15) is 0 Å². The van der Waals surface area contributed by atoms with Gasteiger partial charge >= 0.3 is 0 Å². The standard InChI is InChI=1S/C43H28N2O/c1-2-12-33(13-3-1)45(35-25-20-31(21-26-35)43-44-41-27-22-29-10-4-7-15-37(29)42(41)46-43)34-23-18-30(19-24-34)40-28-32-11-5-6-14-36(32)38-16-8-9-17-39(38)40/h1-28H. The van der Waals surface area contributed by atoms with E-state index >= 15 is 0 Å². The minimum absolute atomic E-state index is 0.621. The molecule has 0 bridgehead atoms. The predicted octanol–water partition coefficient (Wildman–Crippen LogP) is 12.1. The van der Waals surface area contributed by atoms with Crippen molar-refractivity contribution in [2.24, 2.45) is 0 Å². The van der Waals surface area contributed by atoms with Gasteiger partial charge in [-0.25, -0.2) is 4.98 Å². The highest BCUT2D eigenvalue weighted by atomic mass is 16.3. The van der Waals surface area contributed by atoms with Gasteiger partial charge in [0, 0.05) is 28.0 Å². The van der Waals surface area contributed by atoms with Crippen molar-refractivity contribution in [1.82, 2.24) is 4.98 Å². The number of fused-ring (bicyclic) bond motifs is 6. The van der Waals surface area contributed by atoms with E-state index in [1.54, 1.807) is 0 Å². The molecular weight excluding hydrogens is 560 g/mol. The first kappa shape index (κ1) is 26.2. The molecule has 216 valence electrons. The quantitative estimate of drug-likeness (QED) is 0.187. The number of aromatic nitrogens is 1. The van der Waals surface area contributed by atoms with Crippen LogP contribution in [-0.2, 0) is 0 Å². The van der Waals surface area contributed by atoms with Gasteiger partial charge in [0.25, 0.3) is 0 Å². The predicted molar refractivity (Wildman–Crippen MR) is 192 cm³/mol. The van der Waals surface area contributed by atoms with Crippen molar-refractivity contribution in [1.29, 1.82) is 0 Å². The number of hydrogen-bond donors (Lipinski definition) is 0. The second-order valence-electron chi connectivity index (χ2n) is 11.6. The summed E-state index contributed by atoms with van der Waals surface area (Å²) in [7, 11) is 0. The lowest BCUT2D eigenvalue weighted by Crippen LogP contribution is -2.09. The summed E-state index contributed by atoms with van der Waals surface area (Å²) in [4.78, 5) is 7.11. The van der Waals surface area contributed by atoms with Gasteiger partial charge in [-0.15, -0.1) is 0 Å². The molecule has 0 aliphatic rings. The van der Waals surface area contributed by atoms with Crippen molar-refractivity contribution < 1.29 is 4.42 Å². The fourth-order valence-corrected chi connectivity index (χ4v) is 6.64. The number of oxazole rings is 1. The number of hydrogen-bond acceptors (Lipinski definition) is 3. The summed E-state index contributed by atoms with van der Waals surface area (Å²) in [6.45, 7) is 0. The van der Waals surface area contributed by atoms with Crippen molar-refractivity contribution in [3.8, 4) is 22.6 Å². The second kappa shape index (κ2) is 10.8. The van der Waals surface area contributed by atoms with Gasteiger partial charge in [0.05, 0.1) is 0 Å². The van der Waals surface area contributed by atoms with Crippen molar-refractivity contribution in [3.05, 3.63) is 170 Å². The monoisotopic (exact) mass is 588 g/mol. The molecule has 1 aromatic heterocycles. The number of para-hydroxylation sites is 1. The van der Waals surface area contributed by atoms with E-state index in [0.29, 0.717) is 5.89 Å². The lowest BCUT2D eigenvalue weighted by Gasteiger charge is -2.26. The Hall–Kier alpha value is -6.19. The van der Waals surface area contributed by atoms with E-state index in [1.807, 2.05) is 18.2 Å². The zero-order chi connectivity index (χ0) is 30.5. The van der Waals surface area contributed by atoms with E-state index in [9.17, 15) is 0 Å². The summed E-state index contributed by atoms with van der Waals surface area (Å²) in [5.74, 6) is 0.621. The molecule has 8 aromatic carbocycles. The molecule has 0 radical (unpaired) electrons. The maximum atomic E-state index is 6.32. The van der Waals surface area contributed by atoms with Crippen LogP contribution in [0.3, 0.4) is 0 Å². The molecule has 3 nitrogen and oxygen atoms in total. The summed E-state index contributed by atoms with van der Waals surface area (Å²) in [6, 6.07) is 59.9. The summed E-state index contributed by atoms with van der Waals surface area (Å²) < 4.78 is 6.32. The molecule has 0 saturated heterocycles. The van der Waals surface area contributed by atoms with Gasteiger partial charge in [0.1, 0.15) is 5.52 Å². The topological polar surface area (TPSA) is 29.3 Å². The van der Waals surface area contributed by atoms with Gasteiger partial charge in [0.15, 0.2) is 5.58 Å². The zero-order valence-electron chi connectivity index (χ0n) is 25.0. The Morgan fingerprint density at radius 2 is 0.978 bits per heavy atom. The Balaban J connectivity index is 1.10. The maximum absolute atomic E-state index is 6.32. The summed E-state index contributed by atoms with van der Waals surface area (Å²) >= 11 is 0. The van der Waals surface area contributed by atoms with E-state index in [2.05, 4.69) is 157 Å². The molecule has 0 amide bonds. The van der Waals surface area contributed by atoms with Crippen LogP contribution in [0, 0.1) is 0 Å². The molecule has 0 spiro atoms. The van der Waals surface area contributed by atoms with Crippen LogP contribution in [-0.4, -0.2) is 4.98 Å². The highest BCUT2D eigenvalue weighted by Gasteiger charge is 2.16. The van der Waals surface area contributed by atoms with Crippen molar-refractivity contribution in [2.75, 3.05) is 4.90 Å². The Morgan fingerprint density at radius 1 is 0.413 bits per heavy atom. The molecule has 0 N–H and O–H groups in total. The summed E-state index contributed by atoms with van der Waals surface area (Å²) in [5, 5.41) is 7.29. The molecule has 0 atom stereocenters. The Labute approximate surface area is 266 Å². The minimum atomic E-state index is 0.621. The SMILES string of the molecule is c1ccc(N(c2ccc(-c3nc4ccc5ccccc5c4o3)cc2)c2ccc(-c3cc4ccccc4c4ccccc34)cc2)cc1. The summed E-state index contributed by atoms with van der Waals surface area (Å²) in [6.07, 6.45) is 0. The van der Waals surface area contributed by atoms with Crippen LogP contribution in [0.15, 0.2) is 174 Å². The molecule has 0 saturated carbocycles. The van der Waals surface area contributed by atoms with Gasteiger partial charge < -0.3 is 9.32 Å². The lowest BCUT2D eigenvalue weighted by molar-refractivity contribution is 0.623. The third kappa shape index (κ3) is 4.41. The van der Waals surface area contributed by atoms with Crippen LogP contribution in [0.5, 0.6) is 0 Å². The molecular formula is C43H28N2O. The van der Waals surface area contributed by atoms with Crippen LogP contribution in [0.1, 0.15) is 0 Å². The van der Waals surface area contributed by atoms with E-state index in [-0.39, 0.29) is 0 Å². The van der Waals surface area contributed by atoms with E-state index in [4.69, 9.17) is 9.40 Å². The number of rotatable bonds is 5. The summed E-state index contributed by atoms with van der Waals surface area (Å²) in [5.41, 5.74) is 8.29. The van der Waals surface area contributed by atoms with Crippen LogP contribution < -0.4 is 4.90 Å². The first-order valence-electron chi connectivity index (χ1n) is 15.5.